The number of imidazole rings is 1. The van der Waals surface area contributed by atoms with Crippen molar-refractivity contribution in [3.8, 4) is 0 Å². The van der Waals surface area contributed by atoms with Gasteiger partial charge in [-0.05, 0) is 39.1 Å². The zero-order valence-electron chi connectivity index (χ0n) is 12.3. The zero-order valence-corrected chi connectivity index (χ0v) is 12.3. The van der Waals surface area contributed by atoms with E-state index in [1.807, 2.05) is 18.2 Å². The Morgan fingerprint density at radius 1 is 1.32 bits per heavy atom. The third kappa shape index (κ3) is 2.65. The molecule has 0 fully saturated rings. The van der Waals surface area contributed by atoms with E-state index < -0.39 is 0 Å². The molecule has 104 valence electrons. The minimum atomic E-state index is -0.347. The number of hydrogen-bond donors (Lipinski definition) is 1. The molecular formula is C15H24N4. The maximum atomic E-state index is 6.52. The second kappa shape index (κ2) is 5.31. The lowest BCUT2D eigenvalue weighted by Crippen LogP contribution is -2.55. The van der Waals surface area contributed by atoms with Crippen molar-refractivity contribution >= 4 is 5.65 Å². The van der Waals surface area contributed by atoms with E-state index in [0.717, 1.165) is 30.9 Å². The lowest BCUT2D eigenvalue weighted by Gasteiger charge is -2.37. The van der Waals surface area contributed by atoms with Gasteiger partial charge < -0.3 is 10.1 Å². The van der Waals surface area contributed by atoms with Gasteiger partial charge in [0.2, 0.25) is 0 Å². The summed E-state index contributed by atoms with van der Waals surface area (Å²) < 4.78 is 2.14. The van der Waals surface area contributed by atoms with Gasteiger partial charge in [0.25, 0.3) is 0 Å². The smallest absolute Gasteiger partial charge is 0.137 e. The first kappa shape index (κ1) is 14.0. The van der Waals surface area contributed by atoms with Crippen molar-refractivity contribution in [2.45, 2.75) is 39.8 Å². The van der Waals surface area contributed by atoms with E-state index in [4.69, 9.17) is 5.73 Å². The normalized spacial score (nSPS) is 15.1. The molecule has 2 heterocycles. The summed E-state index contributed by atoms with van der Waals surface area (Å²) in [5.41, 5.74) is 9.43. The second-order valence-electron chi connectivity index (χ2n) is 5.28. The van der Waals surface area contributed by atoms with Crippen LogP contribution in [0.4, 0.5) is 0 Å². The number of pyridine rings is 1. The van der Waals surface area contributed by atoms with Crippen LogP contribution >= 0.6 is 0 Å². The lowest BCUT2D eigenvalue weighted by atomic mass is 10.0. The van der Waals surface area contributed by atoms with Gasteiger partial charge in [0, 0.05) is 18.3 Å². The van der Waals surface area contributed by atoms with Crippen LogP contribution in [-0.4, -0.2) is 33.0 Å². The van der Waals surface area contributed by atoms with Crippen LogP contribution in [0.5, 0.6) is 0 Å². The van der Waals surface area contributed by atoms with Gasteiger partial charge in [-0.3, -0.25) is 4.90 Å². The van der Waals surface area contributed by atoms with E-state index in [-0.39, 0.29) is 5.66 Å². The fourth-order valence-electron chi connectivity index (χ4n) is 2.77. The molecular weight excluding hydrogens is 236 g/mol. The molecule has 0 saturated carbocycles. The number of nitrogens with zero attached hydrogens (tertiary/aromatic N) is 3. The largest absolute Gasteiger partial charge is 0.313 e. The highest BCUT2D eigenvalue weighted by atomic mass is 15.3. The lowest BCUT2D eigenvalue weighted by molar-refractivity contribution is 0.121. The van der Waals surface area contributed by atoms with Gasteiger partial charge in [0.1, 0.15) is 5.65 Å². The highest BCUT2D eigenvalue weighted by molar-refractivity contribution is 5.43. The SMILES string of the molecule is CCN(CC)C(C)(N)Cc1c(C)nc2ccccn12. The molecule has 4 nitrogen and oxygen atoms in total. The summed E-state index contributed by atoms with van der Waals surface area (Å²) >= 11 is 0. The number of likely N-dealkylation sites (N-methyl/N-ethyl adjacent to an activating group) is 1. The second-order valence-corrected chi connectivity index (χ2v) is 5.28. The molecule has 1 unspecified atom stereocenters. The van der Waals surface area contributed by atoms with Crippen LogP contribution in [0.1, 0.15) is 32.2 Å². The standard InChI is InChI=1S/C15H24N4/c1-5-18(6-2)15(4,16)11-13-12(3)17-14-9-7-8-10-19(13)14/h7-10H,5-6,11,16H2,1-4H3. The summed E-state index contributed by atoms with van der Waals surface area (Å²) in [6.07, 6.45) is 2.86. The molecule has 2 aromatic heterocycles. The van der Waals surface area contributed by atoms with Gasteiger partial charge in [-0.1, -0.05) is 19.9 Å². The summed E-state index contributed by atoms with van der Waals surface area (Å²) in [6, 6.07) is 6.07. The Bertz CT molecular complexity index is 552. The Labute approximate surface area is 115 Å². The average molecular weight is 260 g/mol. The van der Waals surface area contributed by atoms with Gasteiger partial charge in [-0.25, -0.2) is 4.98 Å². The molecule has 2 N–H and O–H groups in total. The number of aryl methyl sites for hydroxylation is 1. The monoisotopic (exact) mass is 260 g/mol. The minimum Gasteiger partial charge on any atom is -0.313 e. The Kier molecular flexibility index (Phi) is 3.92. The first-order valence-electron chi connectivity index (χ1n) is 6.96. The molecule has 0 aromatic carbocycles. The van der Waals surface area contributed by atoms with E-state index in [9.17, 15) is 0 Å². The summed E-state index contributed by atoms with van der Waals surface area (Å²) in [4.78, 5) is 6.88. The van der Waals surface area contributed by atoms with Crippen molar-refractivity contribution in [3.05, 3.63) is 35.8 Å². The average Bonchev–Trinajstić information content (AvgIpc) is 2.67. The van der Waals surface area contributed by atoms with Gasteiger partial charge in [0.15, 0.2) is 0 Å². The van der Waals surface area contributed by atoms with Crippen molar-refractivity contribution in [1.82, 2.24) is 14.3 Å². The molecule has 19 heavy (non-hydrogen) atoms. The van der Waals surface area contributed by atoms with Crippen molar-refractivity contribution < 1.29 is 0 Å². The molecule has 2 rings (SSSR count). The van der Waals surface area contributed by atoms with E-state index in [0.29, 0.717) is 0 Å². The van der Waals surface area contributed by atoms with Crippen molar-refractivity contribution in [3.63, 3.8) is 0 Å². The molecule has 2 aromatic rings. The summed E-state index contributed by atoms with van der Waals surface area (Å²) in [5, 5.41) is 0. The number of fused-ring (bicyclic) bond motifs is 1. The summed E-state index contributed by atoms with van der Waals surface area (Å²) in [5.74, 6) is 0. The maximum Gasteiger partial charge on any atom is 0.137 e. The van der Waals surface area contributed by atoms with Crippen LogP contribution in [0.25, 0.3) is 5.65 Å². The molecule has 0 saturated heterocycles. The van der Waals surface area contributed by atoms with Crippen molar-refractivity contribution in [2.24, 2.45) is 5.73 Å². The Morgan fingerprint density at radius 3 is 2.63 bits per heavy atom. The van der Waals surface area contributed by atoms with Crippen molar-refractivity contribution in [2.75, 3.05) is 13.1 Å². The quantitative estimate of drug-likeness (QED) is 0.838. The van der Waals surface area contributed by atoms with Crippen LogP contribution < -0.4 is 5.73 Å². The van der Waals surface area contributed by atoms with Gasteiger partial charge in [-0.15, -0.1) is 0 Å². The Morgan fingerprint density at radius 2 is 2.00 bits per heavy atom. The molecule has 0 aliphatic rings. The van der Waals surface area contributed by atoms with Gasteiger partial charge in [-0.2, -0.15) is 0 Å². The Balaban J connectivity index is 2.38. The van der Waals surface area contributed by atoms with Crippen LogP contribution in [0.15, 0.2) is 24.4 Å². The molecule has 0 aliphatic heterocycles. The van der Waals surface area contributed by atoms with Crippen LogP contribution in [0, 0.1) is 6.92 Å². The number of hydrogen-bond acceptors (Lipinski definition) is 3. The van der Waals surface area contributed by atoms with Crippen molar-refractivity contribution in [1.29, 1.82) is 0 Å². The first-order chi connectivity index (χ1) is 8.99. The van der Waals surface area contributed by atoms with Crippen LogP contribution in [0.2, 0.25) is 0 Å². The van der Waals surface area contributed by atoms with E-state index in [1.54, 1.807) is 0 Å². The fraction of sp³-hybridized carbons (Fsp3) is 0.533. The first-order valence-corrected chi connectivity index (χ1v) is 6.96. The number of nitrogens with two attached hydrogens (primary N) is 1. The fourth-order valence-corrected chi connectivity index (χ4v) is 2.77. The third-order valence-corrected chi connectivity index (χ3v) is 3.84. The van der Waals surface area contributed by atoms with E-state index in [2.05, 4.69) is 48.2 Å². The molecule has 0 bridgehead atoms. The topological polar surface area (TPSA) is 46.6 Å². The molecule has 4 heteroatoms. The highest BCUT2D eigenvalue weighted by Crippen LogP contribution is 2.19. The highest BCUT2D eigenvalue weighted by Gasteiger charge is 2.27. The van der Waals surface area contributed by atoms with Gasteiger partial charge in [0.05, 0.1) is 11.4 Å². The zero-order chi connectivity index (χ0) is 14.0. The summed E-state index contributed by atoms with van der Waals surface area (Å²) in [7, 11) is 0. The van der Waals surface area contributed by atoms with E-state index in [1.165, 1.54) is 5.69 Å². The predicted octanol–water partition coefficient (Wildman–Crippen LogP) is 2.20. The summed E-state index contributed by atoms with van der Waals surface area (Å²) in [6.45, 7) is 10.4. The Hall–Kier alpha value is -1.39. The number of rotatable bonds is 5. The molecule has 0 radical (unpaired) electrons. The molecule has 1 atom stereocenters. The number of aromatic nitrogens is 2. The van der Waals surface area contributed by atoms with Crippen LogP contribution in [0.3, 0.4) is 0 Å². The molecule has 0 amide bonds. The molecule has 0 aliphatic carbocycles. The van der Waals surface area contributed by atoms with Gasteiger partial charge >= 0.3 is 0 Å². The van der Waals surface area contributed by atoms with E-state index >= 15 is 0 Å². The minimum absolute atomic E-state index is 0.347. The third-order valence-electron chi connectivity index (χ3n) is 3.84. The maximum absolute atomic E-state index is 6.52. The molecule has 0 spiro atoms. The van der Waals surface area contributed by atoms with Crippen LogP contribution in [-0.2, 0) is 6.42 Å². The predicted molar refractivity (Wildman–Crippen MR) is 79.1 cm³/mol.